The first-order chi connectivity index (χ1) is 12.0. The fourth-order valence-electron chi connectivity index (χ4n) is 2.50. The van der Waals surface area contributed by atoms with Crippen molar-refractivity contribution < 1.29 is 24.2 Å². The lowest BCUT2D eigenvalue weighted by atomic mass is 9.99. The zero-order chi connectivity index (χ0) is 20.1. The van der Waals surface area contributed by atoms with Crippen molar-refractivity contribution in [1.82, 2.24) is 9.80 Å². The Balaban J connectivity index is 3.21. The lowest BCUT2D eigenvalue weighted by Gasteiger charge is -2.25. The van der Waals surface area contributed by atoms with Crippen LogP contribution in [0.3, 0.4) is 0 Å². The van der Waals surface area contributed by atoms with Gasteiger partial charge in [-0.2, -0.15) is 0 Å². The van der Waals surface area contributed by atoms with Crippen LogP contribution in [-0.4, -0.2) is 58.6 Å². The predicted octanol–water partition coefficient (Wildman–Crippen LogP) is 3.23. The summed E-state index contributed by atoms with van der Waals surface area (Å²) in [6.45, 7) is 9.92. The maximum atomic E-state index is 12.6. The third-order valence-electron chi connectivity index (χ3n) is 3.76. The van der Waals surface area contributed by atoms with Crippen molar-refractivity contribution in [2.45, 2.75) is 46.8 Å². The van der Waals surface area contributed by atoms with Crippen LogP contribution in [0.4, 0.5) is 4.79 Å². The van der Waals surface area contributed by atoms with Gasteiger partial charge in [0.25, 0.3) is 5.91 Å². The molecule has 0 aromatic heterocycles. The second-order valence-electron chi connectivity index (χ2n) is 6.96. The van der Waals surface area contributed by atoms with E-state index in [1.807, 2.05) is 13.8 Å². The van der Waals surface area contributed by atoms with E-state index in [0.717, 1.165) is 0 Å². The van der Waals surface area contributed by atoms with Gasteiger partial charge >= 0.3 is 12.1 Å². The summed E-state index contributed by atoms with van der Waals surface area (Å²) in [6, 6.07) is 4.73. The second kappa shape index (κ2) is 8.69. The number of carboxylic acids is 1. The van der Waals surface area contributed by atoms with Gasteiger partial charge in [0.15, 0.2) is 0 Å². The van der Waals surface area contributed by atoms with E-state index in [1.165, 1.54) is 18.0 Å². The average molecular weight is 364 g/mol. The Labute approximate surface area is 154 Å². The van der Waals surface area contributed by atoms with E-state index >= 15 is 0 Å². The minimum Gasteiger partial charge on any atom is -0.478 e. The van der Waals surface area contributed by atoms with Gasteiger partial charge in [0.2, 0.25) is 0 Å². The molecule has 0 aliphatic carbocycles. The molecule has 0 radical (unpaired) electrons. The maximum absolute atomic E-state index is 12.6. The molecule has 0 bridgehead atoms. The van der Waals surface area contributed by atoms with Crippen LogP contribution in [0.2, 0.25) is 0 Å². The van der Waals surface area contributed by atoms with Crippen molar-refractivity contribution in [3.05, 3.63) is 34.9 Å². The maximum Gasteiger partial charge on any atom is 0.410 e. The number of ether oxygens (including phenoxy) is 1. The molecule has 1 aromatic carbocycles. The first-order valence-electron chi connectivity index (χ1n) is 8.60. The Kier molecular flexibility index (Phi) is 7.18. The van der Waals surface area contributed by atoms with Gasteiger partial charge in [0.1, 0.15) is 5.60 Å². The van der Waals surface area contributed by atoms with Crippen LogP contribution < -0.4 is 0 Å². The molecule has 1 N–H and O–H groups in total. The van der Waals surface area contributed by atoms with Crippen LogP contribution in [0.1, 0.15) is 60.9 Å². The number of nitrogens with zero attached hydrogens (tertiary/aromatic N) is 2. The molecule has 144 valence electrons. The molecule has 0 aliphatic rings. The zero-order valence-corrected chi connectivity index (χ0v) is 16.3. The molecule has 0 saturated heterocycles. The van der Waals surface area contributed by atoms with Crippen molar-refractivity contribution in [3.8, 4) is 0 Å². The summed E-state index contributed by atoms with van der Waals surface area (Å²) in [4.78, 5) is 39.5. The van der Waals surface area contributed by atoms with Crippen LogP contribution in [-0.2, 0) is 11.3 Å². The van der Waals surface area contributed by atoms with Crippen LogP contribution in [0.25, 0.3) is 0 Å². The molecule has 0 unspecified atom stereocenters. The molecule has 7 heteroatoms. The van der Waals surface area contributed by atoms with E-state index in [1.54, 1.807) is 37.8 Å². The van der Waals surface area contributed by atoms with E-state index in [-0.39, 0.29) is 23.6 Å². The first-order valence-corrected chi connectivity index (χ1v) is 8.60. The second-order valence-corrected chi connectivity index (χ2v) is 6.96. The SMILES string of the molecule is CCN(CC)C(=O)c1cccc(CN(C)C(=O)OC(C)(C)C)c1C(=O)O. The van der Waals surface area contributed by atoms with Crippen molar-refractivity contribution in [1.29, 1.82) is 0 Å². The molecule has 26 heavy (non-hydrogen) atoms. The molecule has 0 spiro atoms. The van der Waals surface area contributed by atoms with E-state index in [0.29, 0.717) is 18.7 Å². The summed E-state index contributed by atoms with van der Waals surface area (Å²) in [5, 5.41) is 9.66. The van der Waals surface area contributed by atoms with E-state index in [9.17, 15) is 19.5 Å². The molecule has 2 amide bonds. The quantitative estimate of drug-likeness (QED) is 0.837. The Morgan fingerprint density at radius 1 is 1.12 bits per heavy atom. The number of hydrogen-bond donors (Lipinski definition) is 1. The van der Waals surface area contributed by atoms with Gasteiger partial charge in [-0.05, 0) is 46.2 Å². The normalized spacial score (nSPS) is 11.0. The van der Waals surface area contributed by atoms with Crippen LogP contribution in [0.5, 0.6) is 0 Å². The Bertz CT molecular complexity index is 675. The third kappa shape index (κ3) is 5.47. The Morgan fingerprint density at radius 2 is 1.69 bits per heavy atom. The van der Waals surface area contributed by atoms with Crippen molar-refractivity contribution in [3.63, 3.8) is 0 Å². The monoisotopic (exact) mass is 364 g/mol. The van der Waals surface area contributed by atoms with Gasteiger partial charge in [0, 0.05) is 26.7 Å². The van der Waals surface area contributed by atoms with Crippen molar-refractivity contribution in [2.75, 3.05) is 20.1 Å². The summed E-state index contributed by atoms with van der Waals surface area (Å²) < 4.78 is 5.29. The number of rotatable bonds is 6. The lowest BCUT2D eigenvalue weighted by Crippen LogP contribution is -2.35. The highest BCUT2D eigenvalue weighted by atomic mass is 16.6. The van der Waals surface area contributed by atoms with Crippen LogP contribution in [0.15, 0.2) is 18.2 Å². The number of carbonyl (C=O) groups excluding carboxylic acids is 2. The van der Waals surface area contributed by atoms with Crippen LogP contribution in [0, 0.1) is 0 Å². The summed E-state index contributed by atoms with van der Waals surface area (Å²) in [6.07, 6.45) is -0.561. The van der Waals surface area contributed by atoms with Gasteiger partial charge in [-0.15, -0.1) is 0 Å². The summed E-state index contributed by atoms with van der Waals surface area (Å²) in [7, 11) is 1.53. The van der Waals surface area contributed by atoms with Gasteiger partial charge in [-0.25, -0.2) is 9.59 Å². The molecule has 1 rings (SSSR count). The number of carbonyl (C=O) groups is 3. The smallest absolute Gasteiger partial charge is 0.410 e. The van der Waals surface area contributed by atoms with E-state index in [2.05, 4.69) is 0 Å². The summed E-state index contributed by atoms with van der Waals surface area (Å²) >= 11 is 0. The Hall–Kier alpha value is -2.57. The number of hydrogen-bond acceptors (Lipinski definition) is 4. The minimum absolute atomic E-state index is 0.0237. The molecule has 1 aromatic rings. The fourth-order valence-corrected chi connectivity index (χ4v) is 2.50. The number of carboxylic acid groups (broad SMARTS) is 1. The first kappa shape index (κ1) is 21.5. The number of benzene rings is 1. The predicted molar refractivity (Wildman–Crippen MR) is 98.4 cm³/mol. The van der Waals surface area contributed by atoms with Crippen LogP contribution >= 0.6 is 0 Å². The zero-order valence-electron chi connectivity index (χ0n) is 16.3. The minimum atomic E-state index is -1.20. The Morgan fingerprint density at radius 3 is 2.15 bits per heavy atom. The molecule has 0 saturated carbocycles. The molecule has 0 aliphatic heterocycles. The van der Waals surface area contributed by atoms with Crippen molar-refractivity contribution in [2.24, 2.45) is 0 Å². The average Bonchev–Trinajstić information content (AvgIpc) is 2.53. The van der Waals surface area contributed by atoms with Gasteiger partial charge in [-0.3, -0.25) is 4.79 Å². The van der Waals surface area contributed by atoms with E-state index in [4.69, 9.17) is 4.74 Å². The molecule has 0 atom stereocenters. The summed E-state index contributed by atoms with van der Waals surface area (Å²) in [5.41, 5.74) is -0.235. The molecular formula is C19H28N2O5. The number of amides is 2. The van der Waals surface area contributed by atoms with Gasteiger partial charge in [-0.1, -0.05) is 12.1 Å². The van der Waals surface area contributed by atoms with Gasteiger partial charge in [0.05, 0.1) is 11.1 Å². The highest BCUT2D eigenvalue weighted by Crippen LogP contribution is 2.20. The van der Waals surface area contributed by atoms with E-state index < -0.39 is 17.7 Å². The topological polar surface area (TPSA) is 87.2 Å². The fraction of sp³-hybridized carbons (Fsp3) is 0.526. The highest BCUT2D eigenvalue weighted by Gasteiger charge is 2.25. The molecule has 0 fully saturated rings. The molecular weight excluding hydrogens is 336 g/mol. The van der Waals surface area contributed by atoms with Gasteiger partial charge < -0.3 is 19.6 Å². The summed E-state index contributed by atoms with van der Waals surface area (Å²) in [5.74, 6) is -1.54. The molecule has 0 heterocycles. The largest absolute Gasteiger partial charge is 0.478 e. The van der Waals surface area contributed by atoms with Crippen molar-refractivity contribution >= 4 is 18.0 Å². The molecule has 7 nitrogen and oxygen atoms in total. The number of aromatic carboxylic acids is 1. The lowest BCUT2D eigenvalue weighted by molar-refractivity contribution is 0.0283. The standard InChI is InChI=1S/C19H28N2O5/c1-7-21(8-2)16(22)14-11-9-10-13(15(14)17(23)24)12-20(6)18(25)26-19(3,4)5/h9-11H,7-8,12H2,1-6H3,(H,23,24). The third-order valence-corrected chi connectivity index (χ3v) is 3.76. The highest BCUT2D eigenvalue weighted by molar-refractivity contribution is 6.05.